The second-order valence-corrected chi connectivity index (χ2v) is 6.24. The molecule has 3 rings (SSSR count). The van der Waals surface area contributed by atoms with Crippen molar-refractivity contribution < 1.29 is 5.11 Å². The number of benzene rings is 1. The number of nitrogens with zero attached hydrogens (tertiary/aromatic N) is 2. The van der Waals surface area contributed by atoms with Crippen molar-refractivity contribution in [3.8, 4) is 0 Å². The highest BCUT2D eigenvalue weighted by molar-refractivity contribution is 5.82. The third-order valence-corrected chi connectivity index (χ3v) is 4.62. The molecule has 0 radical (unpaired) electrons. The molecule has 5 heteroatoms. The summed E-state index contributed by atoms with van der Waals surface area (Å²) in [5.41, 5.74) is 6.03. The number of aryl methyl sites for hydroxylation is 2. The van der Waals surface area contributed by atoms with Gasteiger partial charge in [-0.3, -0.25) is 4.68 Å². The fourth-order valence-electron chi connectivity index (χ4n) is 3.26. The molecule has 0 aliphatic heterocycles. The number of aliphatic hydroxyl groups excluding tert-OH is 1. The average molecular weight is 326 g/mol. The number of aromatic nitrogens is 3. The van der Waals surface area contributed by atoms with Crippen molar-refractivity contribution in [2.45, 2.75) is 39.8 Å². The van der Waals surface area contributed by atoms with Gasteiger partial charge < -0.3 is 15.4 Å². The summed E-state index contributed by atoms with van der Waals surface area (Å²) in [5, 5.41) is 18.4. The monoisotopic (exact) mass is 326 g/mol. The molecule has 2 heterocycles. The topological polar surface area (TPSA) is 65.9 Å². The van der Waals surface area contributed by atoms with E-state index in [1.54, 1.807) is 0 Å². The molecule has 0 bridgehead atoms. The minimum Gasteiger partial charge on any atom is -0.394 e. The lowest BCUT2D eigenvalue weighted by Gasteiger charge is -2.06. The molecule has 0 atom stereocenters. The van der Waals surface area contributed by atoms with Crippen LogP contribution < -0.4 is 5.32 Å². The number of nitrogens with one attached hydrogen (secondary N) is 2. The van der Waals surface area contributed by atoms with Crippen LogP contribution in [0.3, 0.4) is 0 Å². The van der Waals surface area contributed by atoms with E-state index in [9.17, 15) is 0 Å². The molecule has 1 aromatic carbocycles. The van der Waals surface area contributed by atoms with Gasteiger partial charge >= 0.3 is 0 Å². The van der Waals surface area contributed by atoms with Gasteiger partial charge in [-0.25, -0.2) is 0 Å². The Hall–Kier alpha value is -2.11. The first kappa shape index (κ1) is 16.7. The van der Waals surface area contributed by atoms with Gasteiger partial charge in [-0.2, -0.15) is 5.10 Å². The van der Waals surface area contributed by atoms with Gasteiger partial charge in [0.1, 0.15) is 0 Å². The van der Waals surface area contributed by atoms with Gasteiger partial charge in [0.25, 0.3) is 0 Å². The highest BCUT2D eigenvalue weighted by Gasteiger charge is 2.10. The summed E-state index contributed by atoms with van der Waals surface area (Å²) in [6, 6.07) is 8.45. The molecule has 0 saturated heterocycles. The third kappa shape index (κ3) is 3.52. The zero-order valence-corrected chi connectivity index (χ0v) is 14.5. The maximum atomic E-state index is 9.08. The third-order valence-electron chi connectivity index (χ3n) is 4.62. The van der Waals surface area contributed by atoms with Gasteiger partial charge in [-0.15, -0.1) is 0 Å². The molecule has 0 saturated carbocycles. The SMILES string of the molecule is Cc1nn(CCO)c(C)c1CNCCCc1c[nH]c2ccccc12. The quantitative estimate of drug-likeness (QED) is 0.558. The second-order valence-electron chi connectivity index (χ2n) is 6.24. The molecule has 24 heavy (non-hydrogen) atoms. The Bertz CT molecular complexity index is 803. The standard InChI is InChI=1S/C19H26N4O/c1-14-18(15(2)23(22-14)10-11-24)13-20-9-5-6-16-12-21-19-8-4-3-7-17(16)19/h3-4,7-8,12,20-21,24H,5-6,9-11,13H2,1-2H3. The first-order valence-corrected chi connectivity index (χ1v) is 8.60. The van der Waals surface area contributed by atoms with Gasteiger partial charge in [-0.05, 0) is 44.9 Å². The number of fused-ring (bicyclic) bond motifs is 1. The molecule has 0 aliphatic rings. The predicted octanol–water partition coefficient (Wildman–Crippen LogP) is 2.70. The van der Waals surface area contributed by atoms with Crippen molar-refractivity contribution >= 4 is 10.9 Å². The summed E-state index contributed by atoms with van der Waals surface area (Å²) in [6.45, 7) is 6.59. The van der Waals surface area contributed by atoms with Crippen LogP contribution in [0.1, 0.15) is 28.9 Å². The van der Waals surface area contributed by atoms with Crippen molar-refractivity contribution in [2.24, 2.45) is 0 Å². The summed E-state index contributed by atoms with van der Waals surface area (Å²) in [4.78, 5) is 3.33. The lowest BCUT2D eigenvalue weighted by atomic mass is 10.1. The van der Waals surface area contributed by atoms with E-state index in [0.717, 1.165) is 37.3 Å². The molecule has 2 aromatic heterocycles. The molecule has 0 aliphatic carbocycles. The maximum Gasteiger partial charge on any atom is 0.0644 e. The smallest absolute Gasteiger partial charge is 0.0644 e. The van der Waals surface area contributed by atoms with Crippen molar-refractivity contribution in [1.82, 2.24) is 20.1 Å². The summed E-state index contributed by atoms with van der Waals surface area (Å²) in [5.74, 6) is 0. The second kappa shape index (κ2) is 7.64. The molecule has 0 fully saturated rings. The lowest BCUT2D eigenvalue weighted by molar-refractivity contribution is 0.267. The zero-order chi connectivity index (χ0) is 16.9. The summed E-state index contributed by atoms with van der Waals surface area (Å²) in [6.07, 6.45) is 4.29. The number of aliphatic hydroxyl groups is 1. The molecule has 128 valence electrons. The Morgan fingerprint density at radius 1 is 1.25 bits per heavy atom. The number of rotatable bonds is 8. The Balaban J connectivity index is 1.49. The van der Waals surface area contributed by atoms with Crippen LogP contribution in [0.5, 0.6) is 0 Å². The Morgan fingerprint density at radius 2 is 2.08 bits per heavy atom. The van der Waals surface area contributed by atoms with Gasteiger partial charge in [0.05, 0.1) is 18.8 Å². The fraction of sp³-hybridized carbons (Fsp3) is 0.421. The number of H-pyrrole nitrogens is 1. The number of hydrogen-bond acceptors (Lipinski definition) is 3. The molecule has 0 spiro atoms. The zero-order valence-electron chi connectivity index (χ0n) is 14.5. The van der Waals surface area contributed by atoms with E-state index in [1.807, 2.05) is 11.6 Å². The van der Waals surface area contributed by atoms with E-state index >= 15 is 0 Å². The van der Waals surface area contributed by atoms with Crippen LogP contribution in [0.15, 0.2) is 30.5 Å². The molecule has 5 nitrogen and oxygen atoms in total. The van der Waals surface area contributed by atoms with Gasteiger partial charge in [0.2, 0.25) is 0 Å². The van der Waals surface area contributed by atoms with Crippen LogP contribution in [0, 0.1) is 13.8 Å². The van der Waals surface area contributed by atoms with E-state index in [0.29, 0.717) is 6.54 Å². The Morgan fingerprint density at radius 3 is 2.92 bits per heavy atom. The first-order chi connectivity index (χ1) is 11.7. The van der Waals surface area contributed by atoms with Gasteiger partial charge in [-0.1, -0.05) is 18.2 Å². The largest absolute Gasteiger partial charge is 0.394 e. The minimum absolute atomic E-state index is 0.124. The average Bonchev–Trinajstić information content (AvgIpc) is 3.11. The Kier molecular flexibility index (Phi) is 5.33. The number of aromatic amines is 1. The van der Waals surface area contributed by atoms with E-state index < -0.39 is 0 Å². The van der Waals surface area contributed by atoms with E-state index in [2.05, 4.69) is 52.8 Å². The molecule has 0 unspecified atom stereocenters. The predicted molar refractivity (Wildman–Crippen MR) is 97.1 cm³/mol. The van der Waals surface area contributed by atoms with Crippen LogP contribution in [-0.4, -0.2) is 33.0 Å². The van der Waals surface area contributed by atoms with Crippen LogP contribution in [0.25, 0.3) is 10.9 Å². The van der Waals surface area contributed by atoms with Crippen molar-refractivity contribution in [2.75, 3.05) is 13.2 Å². The molecular weight excluding hydrogens is 300 g/mol. The van der Waals surface area contributed by atoms with Crippen LogP contribution in [0.2, 0.25) is 0 Å². The molecule has 3 N–H and O–H groups in total. The molecular formula is C19H26N4O. The first-order valence-electron chi connectivity index (χ1n) is 8.60. The van der Waals surface area contributed by atoms with E-state index in [1.165, 1.54) is 22.0 Å². The van der Waals surface area contributed by atoms with Crippen molar-refractivity contribution in [3.05, 3.63) is 53.0 Å². The van der Waals surface area contributed by atoms with Gasteiger partial charge in [0, 0.05) is 34.9 Å². The number of hydrogen-bond donors (Lipinski definition) is 3. The van der Waals surface area contributed by atoms with E-state index in [-0.39, 0.29) is 6.61 Å². The van der Waals surface area contributed by atoms with Gasteiger partial charge in [0.15, 0.2) is 0 Å². The highest BCUT2D eigenvalue weighted by atomic mass is 16.3. The van der Waals surface area contributed by atoms with E-state index in [4.69, 9.17) is 5.11 Å². The van der Waals surface area contributed by atoms with Crippen LogP contribution in [-0.2, 0) is 19.5 Å². The Labute approximate surface area is 142 Å². The summed E-state index contributed by atoms with van der Waals surface area (Å²) < 4.78 is 1.89. The minimum atomic E-state index is 0.124. The summed E-state index contributed by atoms with van der Waals surface area (Å²) in [7, 11) is 0. The summed E-state index contributed by atoms with van der Waals surface area (Å²) >= 11 is 0. The normalized spacial score (nSPS) is 11.5. The van der Waals surface area contributed by atoms with Crippen LogP contribution >= 0.6 is 0 Å². The highest BCUT2D eigenvalue weighted by Crippen LogP contribution is 2.19. The van der Waals surface area contributed by atoms with Crippen LogP contribution in [0.4, 0.5) is 0 Å². The van der Waals surface area contributed by atoms with Crippen molar-refractivity contribution in [1.29, 1.82) is 0 Å². The van der Waals surface area contributed by atoms with Crippen molar-refractivity contribution in [3.63, 3.8) is 0 Å². The lowest BCUT2D eigenvalue weighted by Crippen LogP contribution is -2.16. The fourth-order valence-corrected chi connectivity index (χ4v) is 3.26. The maximum absolute atomic E-state index is 9.08. The number of para-hydroxylation sites is 1. The molecule has 0 amide bonds. The molecule has 3 aromatic rings.